The van der Waals surface area contributed by atoms with Crippen LogP contribution >= 0.6 is 15.9 Å². The fourth-order valence-corrected chi connectivity index (χ4v) is 1.18. The second-order valence-electron chi connectivity index (χ2n) is 2.35. The molecule has 0 fully saturated rings. The van der Waals surface area contributed by atoms with Crippen molar-refractivity contribution in [2.24, 2.45) is 0 Å². The van der Waals surface area contributed by atoms with E-state index in [1.165, 1.54) is 6.20 Å². The topological polar surface area (TPSA) is 48.4 Å². The molecule has 76 valence electrons. The van der Waals surface area contributed by atoms with E-state index in [-0.39, 0.29) is 0 Å². The number of hydrogen-bond acceptors (Lipinski definition) is 4. The van der Waals surface area contributed by atoms with E-state index in [1.807, 2.05) is 0 Å². The van der Waals surface area contributed by atoms with Gasteiger partial charge in [0.1, 0.15) is 16.8 Å². The summed E-state index contributed by atoms with van der Waals surface area (Å²) >= 11 is 3.11. The Bertz CT molecular complexity index is 317. The van der Waals surface area contributed by atoms with Crippen LogP contribution in [0, 0.1) is 0 Å². The maximum atomic E-state index is 11.4. The molecule has 0 saturated heterocycles. The van der Waals surface area contributed by atoms with Crippen LogP contribution in [0.1, 0.15) is 17.3 Å². The minimum atomic E-state index is -0.420. The zero-order valence-electron chi connectivity index (χ0n) is 7.70. The second-order valence-corrected chi connectivity index (χ2v) is 2.80. The highest BCUT2D eigenvalue weighted by molar-refractivity contribution is 9.09. The smallest absolute Gasteiger partial charge is 0.343 e. The Morgan fingerprint density at radius 1 is 1.64 bits per heavy atom. The van der Waals surface area contributed by atoms with Crippen LogP contribution in [0.25, 0.3) is 0 Å². The maximum absolute atomic E-state index is 11.4. The van der Waals surface area contributed by atoms with Crippen LogP contribution in [0.15, 0.2) is 18.5 Å². The van der Waals surface area contributed by atoms with Gasteiger partial charge in [-0.1, -0.05) is 0 Å². The van der Waals surface area contributed by atoms with Crippen molar-refractivity contribution in [2.45, 2.75) is 6.92 Å². The highest BCUT2D eigenvalue weighted by Crippen LogP contribution is 2.17. The molecule has 0 spiro atoms. The monoisotopic (exact) mass is 259 g/mol. The van der Waals surface area contributed by atoms with Crippen molar-refractivity contribution in [3.05, 3.63) is 24.0 Å². The Morgan fingerprint density at radius 3 is 3.07 bits per heavy atom. The normalized spacial score (nSPS) is 9.57. The van der Waals surface area contributed by atoms with Gasteiger partial charge in [0.15, 0.2) is 0 Å². The third-order valence-electron chi connectivity index (χ3n) is 1.49. The van der Waals surface area contributed by atoms with Crippen molar-refractivity contribution in [2.75, 3.05) is 12.1 Å². The van der Waals surface area contributed by atoms with Gasteiger partial charge in [-0.05, 0) is 28.9 Å². The molecule has 0 aliphatic heterocycles. The van der Waals surface area contributed by atoms with Crippen molar-refractivity contribution in [1.82, 2.24) is 4.98 Å². The molecule has 0 amide bonds. The average Bonchev–Trinajstić information content (AvgIpc) is 2.19. The van der Waals surface area contributed by atoms with Crippen LogP contribution < -0.4 is 4.74 Å². The van der Waals surface area contributed by atoms with Crippen molar-refractivity contribution < 1.29 is 14.3 Å². The van der Waals surface area contributed by atoms with Gasteiger partial charge < -0.3 is 9.47 Å². The van der Waals surface area contributed by atoms with Gasteiger partial charge in [-0.15, -0.1) is 0 Å². The molecule has 0 bridgehead atoms. The molecule has 0 unspecified atom stereocenters. The van der Waals surface area contributed by atoms with E-state index in [0.29, 0.717) is 23.4 Å². The first-order valence-electron chi connectivity index (χ1n) is 4.09. The molecule has 1 rings (SSSR count). The molecule has 0 aromatic carbocycles. The van der Waals surface area contributed by atoms with Gasteiger partial charge in [-0.3, -0.25) is 4.98 Å². The molecular formula is C9H10BrNO3. The molecule has 1 heterocycles. The van der Waals surface area contributed by atoms with Gasteiger partial charge in [-0.2, -0.15) is 0 Å². The number of ether oxygens (including phenoxy) is 2. The zero-order chi connectivity index (χ0) is 10.4. The molecule has 0 aliphatic rings. The van der Waals surface area contributed by atoms with Crippen molar-refractivity contribution in [3.63, 3.8) is 0 Å². The van der Waals surface area contributed by atoms with Crippen molar-refractivity contribution in [3.8, 4) is 5.75 Å². The number of rotatable bonds is 4. The van der Waals surface area contributed by atoms with E-state index >= 15 is 0 Å². The summed E-state index contributed by atoms with van der Waals surface area (Å²) in [7, 11) is 0. The number of aromatic nitrogens is 1. The molecule has 1 aromatic rings. The summed E-state index contributed by atoms with van der Waals surface area (Å²) in [5.74, 6) is 0.0480. The summed E-state index contributed by atoms with van der Waals surface area (Å²) in [4.78, 5) is 15.2. The molecule has 0 aliphatic carbocycles. The summed E-state index contributed by atoms with van der Waals surface area (Å²) in [5, 5.41) is 0. The van der Waals surface area contributed by atoms with Gasteiger partial charge in [0.05, 0.1) is 6.61 Å². The molecule has 5 heteroatoms. The van der Waals surface area contributed by atoms with Crippen LogP contribution in [0.2, 0.25) is 0 Å². The predicted molar refractivity (Wildman–Crippen MR) is 54.6 cm³/mol. The van der Waals surface area contributed by atoms with Crippen LogP contribution in [0.3, 0.4) is 0 Å². The summed E-state index contributed by atoms with van der Waals surface area (Å²) < 4.78 is 10.0. The molecule has 14 heavy (non-hydrogen) atoms. The first-order valence-corrected chi connectivity index (χ1v) is 5.21. The van der Waals surface area contributed by atoms with Gasteiger partial charge >= 0.3 is 5.97 Å². The number of carbonyl (C=O) groups is 1. The number of hydrogen-bond donors (Lipinski definition) is 0. The summed E-state index contributed by atoms with van der Waals surface area (Å²) in [6, 6.07) is 1.62. The molecule has 0 saturated carbocycles. The Kier molecular flexibility index (Phi) is 4.39. The number of esters is 1. The fraction of sp³-hybridized carbons (Fsp3) is 0.333. The van der Waals surface area contributed by atoms with Gasteiger partial charge in [0.2, 0.25) is 0 Å². The van der Waals surface area contributed by atoms with Crippen molar-refractivity contribution >= 4 is 21.9 Å². The fourth-order valence-electron chi connectivity index (χ4n) is 0.928. The van der Waals surface area contributed by atoms with E-state index in [9.17, 15) is 4.79 Å². The van der Waals surface area contributed by atoms with Crippen LogP contribution in [-0.4, -0.2) is 23.1 Å². The van der Waals surface area contributed by atoms with E-state index in [2.05, 4.69) is 20.9 Å². The predicted octanol–water partition coefficient (Wildman–Crippen LogP) is 1.99. The Balaban J connectivity index is 2.88. The quantitative estimate of drug-likeness (QED) is 0.613. The van der Waals surface area contributed by atoms with Crippen LogP contribution in [-0.2, 0) is 4.74 Å². The maximum Gasteiger partial charge on any atom is 0.343 e. The van der Waals surface area contributed by atoms with Crippen LogP contribution in [0.5, 0.6) is 5.75 Å². The molecule has 1 aromatic heterocycles. The van der Waals surface area contributed by atoms with E-state index in [0.717, 1.165) is 0 Å². The van der Waals surface area contributed by atoms with Gasteiger partial charge in [0.25, 0.3) is 0 Å². The second kappa shape index (κ2) is 5.59. The molecule has 0 N–H and O–H groups in total. The number of halogens is 1. The lowest BCUT2D eigenvalue weighted by Gasteiger charge is -2.07. The zero-order valence-corrected chi connectivity index (χ0v) is 9.28. The molecular weight excluding hydrogens is 250 g/mol. The molecule has 4 nitrogen and oxygen atoms in total. The Hall–Kier alpha value is -1.10. The highest BCUT2D eigenvalue weighted by atomic mass is 79.9. The molecule has 0 atom stereocenters. The number of nitrogens with zero attached hydrogens (tertiary/aromatic N) is 1. The third-order valence-corrected chi connectivity index (χ3v) is 1.72. The van der Waals surface area contributed by atoms with Crippen LogP contribution in [0.4, 0.5) is 0 Å². The summed E-state index contributed by atoms with van der Waals surface area (Å²) in [6.07, 6.45) is 2.98. The number of carbonyl (C=O) groups excluding carboxylic acids is 1. The largest absolute Gasteiger partial charge is 0.481 e. The lowest BCUT2D eigenvalue weighted by atomic mass is 10.2. The average molecular weight is 260 g/mol. The molecule has 0 radical (unpaired) electrons. The SMILES string of the molecule is CCOC(=O)c1cnccc1OCBr. The Morgan fingerprint density at radius 2 is 2.43 bits per heavy atom. The number of alkyl halides is 1. The Labute approximate surface area is 90.4 Å². The summed E-state index contributed by atoms with van der Waals surface area (Å²) in [6.45, 7) is 2.08. The van der Waals surface area contributed by atoms with Crippen molar-refractivity contribution in [1.29, 1.82) is 0 Å². The minimum absolute atomic E-state index is 0.323. The standard InChI is InChI=1S/C9H10BrNO3/c1-2-13-9(12)7-5-11-4-3-8(7)14-6-10/h3-5H,2,6H2,1H3. The third kappa shape index (κ3) is 2.70. The highest BCUT2D eigenvalue weighted by Gasteiger charge is 2.12. The lowest BCUT2D eigenvalue weighted by Crippen LogP contribution is -2.07. The lowest BCUT2D eigenvalue weighted by molar-refractivity contribution is 0.0522. The number of pyridine rings is 1. The minimum Gasteiger partial charge on any atom is -0.481 e. The van der Waals surface area contributed by atoms with E-state index < -0.39 is 5.97 Å². The van der Waals surface area contributed by atoms with Gasteiger partial charge in [0, 0.05) is 12.4 Å². The first kappa shape index (κ1) is 11.0. The first-order chi connectivity index (χ1) is 6.79. The van der Waals surface area contributed by atoms with Gasteiger partial charge in [-0.25, -0.2) is 4.79 Å². The van der Waals surface area contributed by atoms with E-state index in [1.54, 1.807) is 19.2 Å². The van der Waals surface area contributed by atoms with E-state index in [4.69, 9.17) is 9.47 Å². The summed E-state index contributed by atoms with van der Waals surface area (Å²) in [5.41, 5.74) is 0.664.